The lowest BCUT2D eigenvalue weighted by Gasteiger charge is -2.40. The average Bonchev–Trinajstić information content (AvgIpc) is 2.70. The Labute approximate surface area is 170 Å². The number of nitrogens with two attached hydrogens (primary N) is 1. The smallest absolute Gasteiger partial charge is 0.311 e. The third-order valence-electron chi connectivity index (χ3n) is 5.74. The molecular weight excluding hydrogens is 368 g/mol. The van der Waals surface area contributed by atoms with E-state index in [1.165, 1.54) is 18.1 Å². The van der Waals surface area contributed by atoms with Gasteiger partial charge in [0.05, 0.1) is 0 Å². The fourth-order valence-corrected chi connectivity index (χ4v) is 4.40. The zero-order valence-electron chi connectivity index (χ0n) is 16.9. The van der Waals surface area contributed by atoms with Crippen molar-refractivity contribution in [2.45, 2.75) is 38.6 Å². The summed E-state index contributed by atoms with van der Waals surface area (Å²) in [6.07, 6.45) is 2.58. The molecule has 6 heteroatoms. The molecule has 29 heavy (non-hydrogen) atoms. The summed E-state index contributed by atoms with van der Waals surface area (Å²) in [7, 11) is 2.15. The highest BCUT2D eigenvalue weighted by atomic mass is 16.6. The molecule has 2 aromatic rings. The van der Waals surface area contributed by atoms with Crippen molar-refractivity contribution in [1.29, 1.82) is 0 Å². The van der Waals surface area contributed by atoms with E-state index in [9.17, 15) is 9.59 Å². The van der Waals surface area contributed by atoms with Crippen molar-refractivity contribution >= 4 is 11.9 Å². The highest BCUT2D eigenvalue weighted by Gasteiger charge is 2.35. The molecule has 152 valence electrons. The lowest BCUT2D eigenvalue weighted by atomic mass is 9.77. The van der Waals surface area contributed by atoms with Crippen molar-refractivity contribution < 1.29 is 19.1 Å². The van der Waals surface area contributed by atoms with Crippen molar-refractivity contribution in [2.24, 2.45) is 5.73 Å². The number of hydrogen-bond donors (Lipinski definition) is 1. The van der Waals surface area contributed by atoms with Gasteiger partial charge in [0.25, 0.3) is 0 Å². The number of ether oxygens (including phenoxy) is 2. The fourth-order valence-electron chi connectivity index (χ4n) is 4.40. The first-order valence-electron chi connectivity index (χ1n) is 10.1. The van der Waals surface area contributed by atoms with E-state index in [4.69, 9.17) is 15.2 Å². The molecule has 0 saturated carbocycles. The molecule has 6 nitrogen and oxygen atoms in total. The van der Waals surface area contributed by atoms with Crippen LogP contribution in [0.15, 0.2) is 30.3 Å². The number of esters is 2. The largest absolute Gasteiger partial charge is 0.422 e. The number of carbonyl (C=O) groups excluding carboxylic acids is 2. The van der Waals surface area contributed by atoms with Crippen LogP contribution in [0.4, 0.5) is 0 Å². The Morgan fingerprint density at radius 1 is 1.17 bits per heavy atom. The lowest BCUT2D eigenvalue weighted by molar-refractivity contribution is -0.136. The van der Waals surface area contributed by atoms with E-state index < -0.39 is 5.97 Å². The van der Waals surface area contributed by atoms with Gasteiger partial charge in [0.2, 0.25) is 0 Å². The van der Waals surface area contributed by atoms with E-state index in [0.29, 0.717) is 24.8 Å². The van der Waals surface area contributed by atoms with Crippen LogP contribution in [0.1, 0.15) is 42.5 Å². The summed E-state index contributed by atoms with van der Waals surface area (Å²) in [6, 6.07) is 10.3. The minimum atomic E-state index is -0.443. The van der Waals surface area contributed by atoms with Gasteiger partial charge in [-0.25, -0.2) is 0 Å². The van der Waals surface area contributed by atoms with E-state index in [1.54, 1.807) is 6.07 Å². The Morgan fingerprint density at radius 3 is 2.76 bits per heavy atom. The number of likely N-dealkylation sites (N-methyl/N-ethyl adjacent to an activating group) is 1. The maximum absolute atomic E-state index is 12.2. The van der Waals surface area contributed by atoms with Crippen LogP contribution < -0.4 is 15.2 Å². The van der Waals surface area contributed by atoms with Gasteiger partial charge in [-0.2, -0.15) is 0 Å². The molecule has 1 heterocycles. The summed E-state index contributed by atoms with van der Waals surface area (Å²) in [4.78, 5) is 26.5. The van der Waals surface area contributed by atoms with Crippen LogP contribution >= 0.6 is 0 Å². The number of hydrogen-bond acceptors (Lipinski definition) is 6. The van der Waals surface area contributed by atoms with E-state index in [1.807, 2.05) is 12.1 Å². The van der Waals surface area contributed by atoms with Crippen LogP contribution in [-0.4, -0.2) is 37.0 Å². The first-order chi connectivity index (χ1) is 14.0. The zero-order valence-corrected chi connectivity index (χ0v) is 16.9. The molecule has 1 aliphatic heterocycles. The standard InChI is InChI=1S/C23H26N2O4/c1-14(26)28-23-19(29-20(27)7-4-11-24)9-8-16-13-18-21-15(10-12-25(18)2)5-3-6-17(21)22(16)23/h3,5-6,8-9,18H,4,7,10-13,24H2,1-2H3. The van der Waals surface area contributed by atoms with Gasteiger partial charge >= 0.3 is 11.9 Å². The maximum Gasteiger partial charge on any atom is 0.311 e. The van der Waals surface area contributed by atoms with Crippen LogP contribution in [0.5, 0.6) is 11.5 Å². The first kappa shape index (κ1) is 19.6. The second-order valence-electron chi connectivity index (χ2n) is 7.72. The van der Waals surface area contributed by atoms with Crippen molar-refractivity contribution in [1.82, 2.24) is 4.90 Å². The minimum absolute atomic E-state index is 0.223. The molecule has 2 N–H and O–H groups in total. The van der Waals surface area contributed by atoms with E-state index in [2.05, 4.69) is 24.1 Å². The Morgan fingerprint density at radius 2 is 2.00 bits per heavy atom. The molecular formula is C23H26N2O4. The van der Waals surface area contributed by atoms with Crippen molar-refractivity contribution in [3.63, 3.8) is 0 Å². The molecule has 1 aliphatic carbocycles. The van der Waals surface area contributed by atoms with Crippen molar-refractivity contribution in [2.75, 3.05) is 20.1 Å². The van der Waals surface area contributed by atoms with Crippen LogP contribution in [0.2, 0.25) is 0 Å². The molecule has 0 saturated heterocycles. The highest BCUT2D eigenvalue weighted by molar-refractivity contribution is 5.87. The quantitative estimate of drug-likeness (QED) is 0.620. The molecule has 0 radical (unpaired) electrons. The summed E-state index contributed by atoms with van der Waals surface area (Å²) in [5, 5.41) is 0. The SMILES string of the molecule is CC(=O)Oc1c(OC(=O)CCCN)ccc2c1-c1cccc3c1C(C2)N(C)CC3. The topological polar surface area (TPSA) is 81.9 Å². The fraction of sp³-hybridized carbons (Fsp3) is 0.391. The molecule has 4 rings (SSSR count). The molecule has 0 spiro atoms. The van der Waals surface area contributed by atoms with Gasteiger partial charge in [0, 0.05) is 31.5 Å². The Bertz CT molecular complexity index is 970. The van der Waals surface area contributed by atoms with Gasteiger partial charge in [-0.15, -0.1) is 0 Å². The lowest BCUT2D eigenvalue weighted by Crippen LogP contribution is -2.35. The predicted octanol–water partition coefficient (Wildman–Crippen LogP) is 3.01. The molecule has 1 unspecified atom stereocenters. The second-order valence-corrected chi connectivity index (χ2v) is 7.72. The minimum Gasteiger partial charge on any atom is -0.422 e. The summed E-state index contributed by atoms with van der Waals surface area (Å²) in [6.45, 7) is 2.80. The number of rotatable bonds is 5. The predicted molar refractivity (Wildman–Crippen MR) is 110 cm³/mol. The van der Waals surface area contributed by atoms with Crippen LogP contribution in [0.25, 0.3) is 11.1 Å². The zero-order chi connectivity index (χ0) is 20.5. The second kappa shape index (κ2) is 7.97. The maximum atomic E-state index is 12.2. The number of nitrogens with zero attached hydrogens (tertiary/aromatic N) is 1. The highest BCUT2D eigenvalue weighted by Crippen LogP contribution is 2.50. The first-order valence-corrected chi connectivity index (χ1v) is 10.1. The number of benzene rings is 2. The number of fused-ring (bicyclic) bond motifs is 2. The number of carbonyl (C=O) groups is 2. The summed E-state index contributed by atoms with van der Waals surface area (Å²) in [5.41, 5.74) is 11.1. The van der Waals surface area contributed by atoms with Crippen molar-refractivity contribution in [3.05, 3.63) is 47.0 Å². The molecule has 2 aliphatic rings. The molecule has 2 aromatic carbocycles. The molecule has 1 atom stereocenters. The molecule has 0 bridgehead atoms. The van der Waals surface area contributed by atoms with E-state index in [-0.39, 0.29) is 18.1 Å². The Hall–Kier alpha value is -2.70. The van der Waals surface area contributed by atoms with E-state index in [0.717, 1.165) is 36.1 Å². The molecule has 0 amide bonds. The van der Waals surface area contributed by atoms with Gasteiger partial charge in [0.1, 0.15) is 0 Å². The third-order valence-corrected chi connectivity index (χ3v) is 5.74. The molecule has 0 fully saturated rings. The van der Waals surface area contributed by atoms with Crippen molar-refractivity contribution in [3.8, 4) is 22.6 Å². The monoisotopic (exact) mass is 394 g/mol. The van der Waals surface area contributed by atoms with Crippen LogP contribution in [0, 0.1) is 0 Å². The average molecular weight is 394 g/mol. The van der Waals surface area contributed by atoms with Gasteiger partial charge in [0.15, 0.2) is 11.5 Å². The molecule has 0 aromatic heterocycles. The van der Waals surface area contributed by atoms with Gasteiger partial charge in [-0.3, -0.25) is 14.5 Å². The Balaban J connectivity index is 1.84. The van der Waals surface area contributed by atoms with Gasteiger partial charge in [-0.05, 0) is 61.2 Å². The normalized spacial score (nSPS) is 17.3. The van der Waals surface area contributed by atoms with E-state index >= 15 is 0 Å². The summed E-state index contributed by atoms with van der Waals surface area (Å²) >= 11 is 0. The Kier molecular flexibility index (Phi) is 5.39. The third kappa shape index (κ3) is 3.66. The van der Waals surface area contributed by atoms with Gasteiger partial charge in [-0.1, -0.05) is 24.3 Å². The van der Waals surface area contributed by atoms with Crippen LogP contribution in [-0.2, 0) is 22.4 Å². The summed E-state index contributed by atoms with van der Waals surface area (Å²) in [5.74, 6) is -0.216. The van der Waals surface area contributed by atoms with Gasteiger partial charge < -0.3 is 15.2 Å². The summed E-state index contributed by atoms with van der Waals surface area (Å²) < 4.78 is 11.2. The van der Waals surface area contributed by atoms with Crippen LogP contribution in [0.3, 0.4) is 0 Å².